The van der Waals surface area contributed by atoms with Gasteiger partial charge in [0.2, 0.25) is 0 Å². The van der Waals surface area contributed by atoms with Gasteiger partial charge in [-0.15, -0.1) is 11.6 Å². The van der Waals surface area contributed by atoms with Gasteiger partial charge in [0.25, 0.3) is 0 Å². The second-order valence-electron chi connectivity index (χ2n) is 4.09. The summed E-state index contributed by atoms with van der Waals surface area (Å²) in [5, 5.41) is 0.511. The highest BCUT2D eigenvalue weighted by Gasteiger charge is 2.15. The van der Waals surface area contributed by atoms with Gasteiger partial charge in [-0.2, -0.15) is 0 Å². The number of imidazole rings is 1. The molecular weight excluding hydrogens is 415 g/mol. The lowest BCUT2D eigenvalue weighted by Gasteiger charge is -2.09. The van der Waals surface area contributed by atoms with Crippen molar-refractivity contribution in [1.29, 1.82) is 0 Å². The summed E-state index contributed by atoms with van der Waals surface area (Å²) in [5.41, 5.74) is 2.10. The van der Waals surface area contributed by atoms with Crippen molar-refractivity contribution in [2.75, 3.05) is 0 Å². The zero-order chi connectivity index (χ0) is 14.3. The highest BCUT2D eigenvalue weighted by atomic mass is 127. The minimum atomic E-state index is -0.286. The van der Waals surface area contributed by atoms with Gasteiger partial charge >= 0.3 is 0 Å². The Hall–Kier alpha value is -0.920. The van der Waals surface area contributed by atoms with Gasteiger partial charge in [0.1, 0.15) is 17.2 Å². The molecule has 20 heavy (non-hydrogen) atoms. The highest BCUT2D eigenvalue weighted by Crippen LogP contribution is 2.26. The Kier molecular flexibility index (Phi) is 3.83. The molecule has 3 aromatic rings. The van der Waals surface area contributed by atoms with E-state index in [0.717, 1.165) is 9.26 Å². The number of pyridine rings is 1. The van der Waals surface area contributed by atoms with Crippen LogP contribution in [0.1, 0.15) is 5.82 Å². The number of halogens is 4. The number of hydrogen-bond donors (Lipinski definition) is 0. The number of alkyl halides is 1. The van der Waals surface area contributed by atoms with Crippen molar-refractivity contribution in [3.8, 4) is 5.69 Å². The molecule has 3 nitrogen and oxygen atoms in total. The van der Waals surface area contributed by atoms with E-state index in [9.17, 15) is 4.39 Å². The van der Waals surface area contributed by atoms with E-state index in [0.29, 0.717) is 22.0 Å². The Morgan fingerprint density at radius 2 is 2.10 bits per heavy atom. The molecule has 0 saturated heterocycles. The van der Waals surface area contributed by atoms with E-state index < -0.39 is 0 Å². The standard InChI is InChI=1S/C13H7Cl2FIN3/c14-5-12-19-10-3-7(15)6-18-13(10)20(12)11-2-1-8(16)4-9(11)17/h1-4,6H,5H2. The number of fused-ring (bicyclic) bond motifs is 1. The lowest BCUT2D eigenvalue weighted by molar-refractivity contribution is 0.626. The van der Waals surface area contributed by atoms with Crippen LogP contribution in [0.25, 0.3) is 16.9 Å². The van der Waals surface area contributed by atoms with Crippen LogP contribution in [0.5, 0.6) is 0 Å². The van der Waals surface area contributed by atoms with E-state index in [4.69, 9.17) is 23.2 Å². The van der Waals surface area contributed by atoms with Gasteiger partial charge in [-0.05, 0) is 46.9 Å². The molecule has 0 saturated carbocycles. The molecule has 0 radical (unpaired) electrons. The first-order chi connectivity index (χ1) is 9.60. The van der Waals surface area contributed by atoms with Gasteiger partial charge in [-0.25, -0.2) is 14.4 Å². The SMILES string of the molecule is Fc1ccc(-n2c(CCl)nc3cc(Cl)cnc32)c(I)c1. The molecule has 2 heterocycles. The van der Waals surface area contributed by atoms with Crippen molar-refractivity contribution in [1.82, 2.24) is 14.5 Å². The summed E-state index contributed by atoms with van der Waals surface area (Å²) in [7, 11) is 0. The molecule has 102 valence electrons. The summed E-state index contributed by atoms with van der Waals surface area (Å²) in [6, 6.07) is 6.27. The Balaban J connectivity index is 2.34. The van der Waals surface area contributed by atoms with Crippen LogP contribution in [-0.2, 0) is 5.88 Å². The van der Waals surface area contributed by atoms with E-state index in [1.54, 1.807) is 18.3 Å². The fraction of sp³-hybridized carbons (Fsp3) is 0.0769. The fourth-order valence-corrected chi connectivity index (χ4v) is 3.04. The zero-order valence-corrected chi connectivity index (χ0v) is 13.6. The number of benzene rings is 1. The molecule has 0 amide bonds. The third kappa shape index (κ3) is 2.38. The van der Waals surface area contributed by atoms with Crippen molar-refractivity contribution in [3.63, 3.8) is 0 Å². The van der Waals surface area contributed by atoms with Crippen LogP contribution in [0.15, 0.2) is 30.5 Å². The van der Waals surface area contributed by atoms with Crippen LogP contribution >= 0.6 is 45.8 Å². The van der Waals surface area contributed by atoms with Crippen LogP contribution in [0.3, 0.4) is 0 Å². The third-order valence-corrected chi connectivity index (χ3v) is 4.11. The molecule has 2 aromatic heterocycles. The topological polar surface area (TPSA) is 30.7 Å². The summed E-state index contributed by atoms with van der Waals surface area (Å²) >= 11 is 14.0. The predicted molar refractivity (Wildman–Crippen MR) is 86.1 cm³/mol. The molecule has 7 heteroatoms. The molecule has 1 aromatic carbocycles. The van der Waals surface area contributed by atoms with Crippen molar-refractivity contribution in [2.24, 2.45) is 0 Å². The van der Waals surface area contributed by atoms with Crippen LogP contribution in [0.2, 0.25) is 5.02 Å². The van der Waals surface area contributed by atoms with Gasteiger partial charge in [-0.3, -0.25) is 4.57 Å². The van der Waals surface area contributed by atoms with Gasteiger partial charge < -0.3 is 0 Å². The minimum Gasteiger partial charge on any atom is -0.279 e. The Morgan fingerprint density at radius 3 is 2.80 bits per heavy atom. The average Bonchev–Trinajstić information content (AvgIpc) is 2.76. The first-order valence-corrected chi connectivity index (χ1v) is 7.63. The molecule has 0 aliphatic carbocycles. The number of aromatic nitrogens is 3. The van der Waals surface area contributed by atoms with Crippen molar-refractivity contribution < 1.29 is 4.39 Å². The molecule has 3 rings (SSSR count). The summed E-state index contributed by atoms with van der Waals surface area (Å²) in [4.78, 5) is 8.72. The average molecular weight is 422 g/mol. The lowest BCUT2D eigenvalue weighted by atomic mass is 10.3. The van der Waals surface area contributed by atoms with Crippen molar-refractivity contribution in [2.45, 2.75) is 5.88 Å². The van der Waals surface area contributed by atoms with Gasteiger partial charge in [0.15, 0.2) is 5.65 Å². The van der Waals surface area contributed by atoms with E-state index in [2.05, 4.69) is 32.6 Å². The Labute approximate surface area is 137 Å². The zero-order valence-electron chi connectivity index (χ0n) is 9.95. The first kappa shape index (κ1) is 14.0. The molecule has 0 bridgehead atoms. The van der Waals surface area contributed by atoms with Gasteiger partial charge in [0, 0.05) is 9.77 Å². The molecule has 0 aliphatic heterocycles. The van der Waals surface area contributed by atoms with Gasteiger partial charge in [0.05, 0.1) is 16.6 Å². The minimum absolute atomic E-state index is 0.224. The monoisotopic (exact) mass is 421 g/mol. The van der Waals surface area contributed by atoms with Crippen LogP contribution in [0, 0.1) is 9.39 Å². The number of nitrogens with zero attached hydrogens (tertiary/aromatic N) is 3. The van der Waals surface area contributed by atoms with Gasteiger partial charge in [-0.1, -0.05) is 11.6 Å². The van der Waals surface area contributed by atoms with Crippen LogP contribution in [0.4, 0.5) is 4.39 Å². The molecule has 0 atom stereocenters. The lowest BCUT2D eigenvalue weighted by Crippen LogP contribution is -2.02. The molecule has 0 unspecified atom stereocenters. The van der Waals surface area contributed by atoms with Crippen LogP contribution in [-0.4, -0.2) is 14.5 Å². The van der Waals surface area contributed by atoms with E-state index in [-0.39, 0.29) is 11.7 Å². The number of hydrogen-bond acceptors (Lipinski definition) is 2. The second-order valence-corrected chi connectivity index (χ2v) is 5.95. The smallest absolute Gasteiger partial charge is 0.164 e. The maximum Gasteiger partial charge on any atom is 0.164 e. The third-order valence-electron chi connectivity index (χ3n) is 2.80. The second kappa shape index (κ2) is 5.46. The largest absolute Gasteiger partial charge is 0.279 e. The Bertz CT molecular complexity index is 804. The van der Waals surface area contributed by atoms with Crippen molar-refractivity contribution >= 4 is 57.0 Å². The summed E-state index contributed by atoms with van der Waals surface area (Å²) in [6.45, 7) is 0. The van der Waals surface area contributed by atoms with E-state index in [1.807, 2.05) is 4.57 Å². The van der Waals surface area contributed by atoms with Crippen molar-refractivity contribution in [3.05, 3.63) is 50.7 Å². The molecule has 0 fully saturated rings. The van der Waals surface area contributed by atoms with E-state index in [1.165, 1.54) is 12.1 Å². The number of rotatable bonds is 2. The predicted octanol–water partition coefficient (Wildman–Crippen LogP) is 4.56. The first-order valence-electron chi connectivity index (χ1n) is 5.64. The maximum atomic E-state index is 13.2. The summed E-state index contributed by atoms with van der Waals surface area (Å²) in [6.07, 6.45) is 1.55. The molecule has 0 aliphatic rings. The van der Waals surface area contributed by atoms with E-state index >= 15 is 0 Å². The van der Waals surface area contributed by atoms with Crippen LogP contribution < -0.4 is 0 Å². The quantitative estimate of drug-likeness (QED) is 0.448. The molecule has 0 spiro atoms. The normalized spacial score (nSPS) is 11.2. The maximum absolute atomic E-state index is 13.2. The highest BCUT2D eigenvalue weighted by molar-refractivity contribution is 14.1. The summed E-state index contributed by atoms with van der Waals surface area (Å²) < 4.78 is 15.8. The summed E-state index contributed by atoms with van der Waals surface area (Å²) in [5.74, 6) is 0.577. The Morgan fingerprint density at radius 1 is 1.30 bits per heavy atom. The fourth-order valence-electron chi connectivity index (χ4n) is 1.99. The molecular formula is C13H7Cl2FIN3. The molecule has 0 N–H and O–H groups in total.